The van der Waals surface area contributed by atoms with Gasteiger partial charge in [-0.3, -0.25) is 0 Å². The summed E-state index contributed by atoms with van der Waals surface area (Å²) in [6.07, 6.45) is 0. The largest absolute Gasteiger partial charge is 0.497 e. The number of ether oxygens (including phenoxy) is 2. The Morgan fingerprint density at radius 3 is 2.46 bits per heavy atom. The van der Waals surface area contributed by atoms with Crippen LogP contribution in [0.15, 0.2) is 51.5 Å². The zero-order valence-electron chi connectivity index (χ0n) is 13.2. The molecule has 0 bridgehead atoms. The third kappa shape index (κ3) is 3.02. The SMILES string of the molecule is COc1ccc(OC)c(-c2noc(-c3ccc(Br)cc3)c2CO)c1. The predicted octanol–water partition coefficient (Wildman–Crippen LogP) is 4.28. The van der Waals surface area contributed by atoms with E-state index in [4.69, 9.17) is 14.0 Å². The van der Waals surface area contributed by atoms with Gasteiger partial charge in [0.15, 0.2) is 5.76 Å². The van der Waals surface area contributed by atoms with Crippen LogP contribution in [0.4, 0.5) is 0 Å². The van der Waals surface area contributed by atoms with Crippen LogP contribution in [0.25, 0.3) is 22.6 Å². The molecule has 0 aliphatic heterocycles. The summed E-state index contributed by atoms with van der Waals surface area (Å²) in [5.41, 5.74) is 2.67. The Morgan fingerprint density at radius 2 is 1.83 bits per heavy atom. The molecule has 3 aromatic rings. The highest BCUT2D eigenvalue weighted by atomic mass is 79.9. The Hall–Kier alpha value is -2.31. The molecule has 24 heavy (non-hydrogen) atoms. The highest BCUT2D eigenvalue weighted by molar-refractivity contribution is 9.10. The van der Waals surface area contributed by atoms with Gasteiger partial charge in [-0.2, -0.15) is 0 Å². The molecule has 1 aromatic heterocycles. The number of hydrogen-bond donors (Lipinski definition) is 1. The van der Waals surface area contributed by atoms with Gasteiger partial charge >= 0.3 is 0 Å². The second-order valence-corrected chi connectivity index (χ2v) is 5.99. The highest BCUT2D eigenvalue weighted by Gasteiger charge is 2.21. The smallest absolute Gasteiger partial charge is 0.173 e. The normalized spacial score (nSPS) is 10.7. The van der Waals surface area contributed by atoms with Gasteiger partial charge in [-0.05, 0) is 30.3 Å². The second-order valence-electron chi connectivity index (χ2n) is 5.07. The van der Waals surface area contributed by atoms with Crippen LogP contribution in [-0.2, 0) is 6.61 Å². The van der Waals surface area contributed by atoms with Crippen molar-refractivity contribution in [3.8, 4) is 34.1 Å². The number of aliphatic hydroxyl groups excluding tert-OH is 1. The first-order chi connectivity index (χ1) is 11.7. The molecule has 6 heteroatoms. The summed E-state index contributed by atoms with van der Waals surface area (Å²) in [6.45, 7) is -0.204. The first-order valence-electron chi connectivity index (χ1n) is 7.25. The van der Waals surface area contributed by atoms with Crippen LogP contribution in [0, 0.1) is 0 Å². The summed E-state index contributed by atoms with van der Waals surface area (Å²) in [7, 11) is 3.17. The van der Waals surface area contributed by atoms with Crippen LogP contribution in [0.5, 0.6) is 11.5 Å². The molecule has 1 N–H and O–H groups in total. The fourth-order valence-electron chi connectivity index (χ4n) is 2.49. The van der Waals surface area contributed by atoms with Crippen LogP contribution >= 0.6 is 15.9 Å². The van der Waals surface area contributed by atoms with Gasteiger partial charge in [-0.1, -0.05) is 33.2 Å². The summed E-state index contributed by atoms with van der Waals surface area (Å²) in [6, 6.07) is 13.0. The van der Waals surface area contributed by atoms with Gasteiger partial charge in [0, 0.05) is 15.6 Å². The van der Waals surface area contributed by atoms with Gasteiger partial charge < -0.3 is 19.1 Å². The van der Waals surface area contributed by atoms with Gasteiger partial charge in [0.25, 0.3) is 0 Å². The van der Waals surface area contributed by atoms with Crippen molar-refractivity contribution < 1.29 is 19.1 Å². The van der Waals surface area contributed by atoms with E-state index in [2.05, 4.69) is 21.1 Å². The van der Waals surface area contributed by atoms with E-state index < -0.39 is 0 Å². The molecule has 0 radical (unpaired) electrons. The van der Waals surface area contributed by atoms with E-state index in [1.807, 2.05) is 24.3 Å². The Kier molecular flexibility index (Phi) is 4.87. The number of rotatable bonds is 5. The van der Waals surface area contributed by atoms with E-state index in [1.54, 1.807) is 32.4 Å². The summed E-state index contributed by atoms with van der Waals surface area (Å²) < 4.78 is 17.2. The average molecular weight is 390 g/mol. The number of hydrogen-bond acceptors (Lipinski definition) is 5. The number of benzene rings is 2. The molecular formula is C18H16BrNO4. The molecule has 0 saturated heterocycles. The molecule has 1 heterocycles. The molecule has 0 unspecified atom stereocenters. The average Bonchev–Trinajstić information content (AvgIpc) is 3.05. The number of nitrogens with zero attached hydrogens (tertiary/aromatic N) is 1. The van der Waals surface area contributed by atoms with Crippen LogP contribution in [0.1, 0.15) is 5.56 Å². The minimum Gasteiger partial charge on any atom is -0.497 e. The molecule has 124 valence electrons. The molecule has 0 amide bonds. The van der Waals surface area contributed by atoms with Gasteiger partial charge in [0.2, 0.25) is 0 Å². The molecule has 0 saturated carbocycles. The van der Waals surface area contributed by atoms with Crippen LogP contribution in [0.2, 0.25) is 0 Å². The second kappa shape index (κ2) is 7.07. The molecule has 0 spiro atoms. The lowest BCUT2D eigenvalue weighted by Crippen LogP contribution is -1.94. The van der Waals surface area contributed by atoms with Gasteiger partial charge in [-0.25, -0.2) is 0 Å². The first-order valence-corrected chi connectivity index (χ1v) is 8.05. The molecule has 2 aromatic carbocycles. The minimum absolute atomic E-state index is 0.204. The van der Waals surface area contributed by atoms with E-state index in [0.717, 1.165) is 10.0 Å². The maximum absolute atomic E-state index is 9.87. The minimum atomic E-state index is -0.204. The van der Waals surface area contributed by atoms with Crippen molar-refractivity contribution in [3.05, 3.63) is 52.5 Å². The molecule has 5 nitrogen and oxygen atoms in total. The third-order valence-corrected chi connectivity index (χ3v) is 4.24. The molecule has 0 atom stereocenters. The molecule has 0 aliphatic carbocycles. The molecule has 3 rings (SSSR count). The Balaban J connectivity index is 2.15. The number of aromatic nitrogens is 1. The maximum Gasteiger partial charge on any atom is 0.173 e. The lowest BCUT2D eigenvalue weighted by molar-refractivity contribution is 0.281. The van der Waals surface area contributed by atoms with E-state index in [-0.39, 0.29) is 6.61 Å². The van der Waals surface area contributed by atoms with Crippen LogP contribution < -0.4 is 9.47 Å². The highest BCUT2D eigenvalue weighted by Crippen LogP contribution is 2.38. The number of aliphatic hydroxyl groups is 1. The van der Waals surface area contributed by atoms with E-state index >= 15 is 0 Å². The lowest BCUT2D eigenvalue weighted by Gasteiger charge is -2.09. The molecular weight excluding hydrogens is 374 g/mol. The fraction of sp³-hybridized carbons (Fsp3) is 0.167. The Morgan fingerprint density at radius 1 is 1.08 bits per heavy atom. The standard InChI is InChI=1S/C18H16BrNO4/c1-22-13-7-8-16(23-2)14(9-13)17-15(10-21)18(24-20-17)11-3-5-12(19)6-4-11/h3-9,21H,10H2,1-2H3. The van der Waals surface area contributed by atoms with Crippen molar-refractivity contribution in [1.82, 2.24) is 5.16 Å². The van der Waals surface area contributed by atoms with Gasteiger partial charge in [-0.15, -0.1) is 0 Å². The summed E-state index contributed by atoms with van der Waals surface area (Å²) >= 11 is 3.40. The summed E-state index contributed by atoms with van der Waals surface area (Å²) in [5.74, 6) is 1.83. The van der Waals surface area contributed by atoms with Crippen molar-refractivity contribution in [3.63, 3.8) is 0 Å². The van der Waals surface area contributed by atoms with E-state index in [0.29, 0.717) is 34.1 Å². The fourth-order valence-corrected chi connectivity index (χ4v) is 2.76. The molecule has 0 fully saturated rings. The number of halogens is 1. The lowest BCUT2D eigenvalue weighted by atomic mass is 10.0. The predicted molar refractivity (Wildman–Crippen MR) is 94.1 cm³/mol. The Bertz CT molecular complexity index is 843. The van der Waals surface area contributed by atoms with Crippen molar-refractivity contribution in [1.29, 1.82) is 0 Å². The Labute approximate surface area is 147 Å². The topological polar surface area (TPSA) is 64.7 Å². The summed E-state index contributed by atoms with van der Waals surface area (Å²) in [4.78, 5) is 0. The van der Waals surface area contributed by atoms with E-state index in [1.165, 1.54) is 0 Å². The van der Waals surface area contributed by atoms with Crippen molar-refractivity contribution in [2.45, 2.75) is 6.61 Å². The summed E-state index contributed by atoms with van der Waals surface area (Å²) in [5, 5.41) is 14.0. The molecule has 0 aliphatic rings. The van der Waals surface area contributed by atoms with Gasteiger partial charge in [0.05, 0.1) is 26.4 Å². The maximum atomic E-state index is 9.87. The van der Waals surface area contributed by atoms with Crippen LogP contribution in [-0.4, -0.2) is 24.5 Å². The van der Waals surface area contributed by atoms with Crippen molar-refractivity contribution in [2.75, 3.05) is 14.2 Å². The first kappa shape index (κ1) is 16.5. The van der Waals surface area contributed by atoms with Crippen LogP contribution in [0.3, 0.4) is 0 Å². The zero-order chi connectivity index (χ0) is 17.1. The van der Waals surface area contributed by atoms with E-state index in [9.17, 15) is 5.11 Å². The van der Waals surface area contributed by atoms with Gasteiger partial charge in [0.1, 0.15) is 17.2 Å². The monoisotopic (exact) mass is 389 g/mol. The van der Waals surface area contributed by atoms with Crippen molar-refractivity contribution in [2.24, 2.45) is 0 Å². The third-order valence-electron chi connectivity index (χ3n) is 3.71. The zero-order valence-corrected chi connectivity index (χ0v) is 14.8. The van der Waals surface area contributed by atoms with Crippen molar-refractivity contribution >= 4 is 15.9 Å². The number of methoxy groups -OCH3 is 2. The quantitative estimate of drug-likeness (QED) is 0.705.